The molecule has 1 aliphatic carbocycles. The smallest absolute Gasteiger partial charge is 0.324 e. The lowest BCUT2D eigenvalue weighted by atomic mass is 10.1. The van der Waals surface area contributed by atoms with Gasteiger partial charge in [0.25, 0.3) is 0 Å². The second kappa shape index (κ2) is 9.46. The van der Waals surface area contributed by atoms with Crippen LogP contribution in [0.1, 0.15) is 31.9 Å². The first-order valence-corrected chi connectivity index (χ1v) is 12.3. The molecule has 2 unspecified atom stereocenters. The molecular formula is C26H28N4O3S. The summed E-state index contributed by atoms with van der Waals surface area (Å²) in [7, 11) is 3.22. The normalized spacial score (nSPS) is 17.6. The highest BCUT2D eigenvalue weighted by molar-refractivity contribution is 7.21. The van der Waals surface area contributed by atoms with Crippen molar-refractivity contribution in [3.63, 3.8) is 0 Å². The van der Waals surface area contributed by atoms with E-state index in [1.807, 2.05) is 25.1 Å². The average molecular weight is 477 g/mol. The summed E-state index contributed by atoms with van der Waals surface area (Å²) in [5.74, 6) is 3.27. The zero-order chi connectivity index (χ0) is 23.7. The van der Waals surface area contributed by atoms with Gasteiger partial charge in [0.05, 0.1) is 35.7 Å². The molecule has 5 rings (SSSR count). The minimum Gasteiger partial charge on any atom is -0.496 e. The maximum absolute atomic E-state index is 6.08. The Morgan fingerprint density at radius 3 is 2.35 bits per heavy atom. The van der Waals surface area contributed by atoms with Gasteiger partial charge in [-0.25, -0.2) is 4.98 Å². The summed E-state index contributed by atoms with van der Waals surface area (Å²) in [5.41, 5.74) is 2.72. The predicted molar refractivity (Wildman–Crippen MR) is 135 cm³/mol. The number of benzene rings is 2. The number of thiazole rings is 1. The number of fused-ring (bicyclic) bond motifs is 1. The van der Waals surface area contributed by atoms with Gasteiger partial charge in [0, 0.05) is 24.2 Å². The van der Waals surface area contributed by atoms with E-state index in [0.717, 1.165) is 45.1 Å². The lowest BCUT2D eigenvalue weighted by molar-refractivity contribution is 0.382. The molecular weight excluding hydrogens is 448 g/mol. The van der Waals surface area contributed by atoms with Crippen molar-refractivity contribution in [2.24, 2.45) is 5.92 Å². The van der Waals surface area contributed by atoms with E-state index in [1.165, 1.54) is 6.42 Å². The van der Waals surface area contributed by atoms with Gasteiger partial charge in [-0.05, 0) is 44.2 Å². The third kappa shape index (κ3) is 4.63. The fourth-order valence-corrected chi connectivity index (χ4v) is 5.47. The monoisotopic (exact) mass is 476 g/mol. The van der Waals surface area contributed by atoms with Crippen molar-refractivity contribution in [2.45, 2.75) is 39.2 Å². The van der Waals surface area contributed by atoms with E-state index < -0.39 is 0 Å². The number of ether oxygens (including phenoxy) is 3. The van der Waals surface area contributed by atoms with Crippen molar-refractivity contribution >= 4 is 27.4 Å². The molecule has 1 N–H and O–H groups in total. The van der Waals surface area contributed by atoms with Crippen LogP contribution in [0, 0.1) is 12.8 Å². The number of aromatic nitrogens is 3. The standard InChI is InChI=1S/C26H28N4O3S/c1-15-9-10-17(11-15)28-24-23(25-29-21-7-5-6-8-22(21)34-25)16(2)27-26(30-24)33-20-13-18(31-3)12-19(14-20)32-4/h5-8,12-15,17H,9-11H2,1-4H3,(H,27,28,30). The molecule has 8 heteroatoms. The molecule has 1 aliphatic rings. The molecule has 2 aromatic carbocycles. The zero-order valence-electron chi connectivity index (χ0n) is 19.8. The number of nitrogens with zero attached hydrogens (tertiary/aromatic N) is 3. The van der Waals surface area contributed by atoms with Crippen LogP contribution in [0.25, 0.3) is 20.8 Å². The van der Waals surface area contributed by atoms with Crippen molar-refractivity contribution in [3.8, 4) is 33.8 Å². The van der Waals surface area contributed by atoms with E-state index in [4.69, 9.17) is 24.2 Å². The van der Waals surface area contributed by atoms with Gasteiger partial charge < -0.3 is 19.5 Å². The van der Waals surface area contributed by atoms with Gasteiger partial charge >= 0.3 is 6.01 Å². The highest BCUT2D eigenvalue weighted by Crippen LogP contribution is 2.39. The van der Waals surface area contributed by atoms with Gasteiger partial charge in [0.15, 0.2) is 0 Å². The molecule has 0 amide bonds. The highest BCUT2D eigenvalue weighted by atomic mass is 32.1. The lowest BCUT2D eigenvalue weighted by Crippen LogP contribution is -2.18. The van der Waals surface area contributed by atoms with E-state index in [2.05, 4.69) is 23.3 Å². The summed E-state index contributed by atoms with van der Waals surface area (Å²) in [6.45, 7) is 4.27. The predicted octanol–water partition coefficient (Wildman–Crippen LogP) is 6.47. The van der Waals surface area contributed by atoms with Crippen LogP contribution in [0.3, 0.4) is 0 Å². The van der Waals surface area contributed by atoms with Crippen LogP contribution in [0.2, 0.25) is 0 Å². The van der Waals surface area contributed by atoms with Crippen molar-refractivity contribution in [1.29, 1.82) is 0 Å². The molecule has 2 atom stereocenters. The van der Waals surface area contributed by atoms with Crippen molar-refractivity contribution in [1.82, 2.24) is 15.0 Å². The Morgan fingerprint density at radius 2 is 1.68 bits per heavy atom. The van der Waals surface area contributed by atoms with Crippen LogP contribution in [0.15, 0.2) is 42.5 Å². The molecule has 2 aromatic heterocycles. The van der Waals surface area contributed by atoms with Crippen LogP contribution < -0.4 is 19.5 Å². The van der Waals surface area contributed by atoms with Crippen LogP contribution in [0.4, 0.5) is 5.82 Å². The SMILES string of the molecule is COc1cc(OC)cc(Oc2nc(C)c(-c3nc4ccccc4s3)c(NC3CCC(C)C3)n2)c1. The van der Waals surface area contributed by atoms with Crippen LogP contribution in [-0.4, -0.2) is 35.2 Å². The van der Waals surface area contributed by atoms with Crippen LogP contribution in [-0.2, 0) is 0 Å². The fraction of sp³-hybridized carbons (Fsp3) is 0.346. The second-order valence-corrected chi connectivity index (χ2v) is 9.74. The zero-order valence-corrected chi connectivity index (χ0v) is 20.6. The Morgan fingerprint density at radius 1 is 0.941 bits per heavy atom. The molecule has 0 aliphatic heterocycles. The molecule has 0 saturated heterocycles. The number of para-hydroxylation sites is 1. The summed E-state index contributed by atoms with van der Waals surface area (Å²) in [5, 5.41) is 4.59. The second-order valence-electron chi connectivity index (χ2n) is 8.71. The minimum atomic E-state index is 0.270. The highest BCUT2D eigenvalue weighted by Gasteiger charge is 2.25. The molecule has 1 saturated carbocycles. The van der Waals surface area contributed by atoms with Gasteiger partial charge in [-0.3, -0.25) is 0 Å². The molecule has 0 bridgehead atoms. The number of aryl methyl sites for hydroxylation is 1. The Bertz CT molecular complexity index is 1270. The molecule has 2 heterocycles. The topological polar surface area (TPSA) is 78.4 Å². The van der Waals surface area contributed by atoms with Gasteiger partial charge in [-0.1, -0.05) is 19.1 Å². The van der Waals surface area contributed by atoms with E-state index in [1.54, 1.807) is 43.8 Å². The first kappa shape index (κ1) is 22.4. The van der Waals surface area contributed by atoms with Crippen molar-refractivity contribution in [3.05, 3.63) is 48.2 Å². The van der Waals surface area contributed by atoms with Crippen LogP contribution in [0.5, 0.6) is 23.3 Å². The third-order valence-corrected chi connectivity index (χ3v) is 7.20. The Hall–Kier alpha value is -3.39. The average Bonchev–Trinajstić information content (AvgIpc) is 3.44. The Balaban J connectivity index is 1.55. The van der Waals surface area contributed by atoms with Crippen molar-refractivity contribution < 1.29 is 14.2 Å². The molecule has 0 spiro atoms. The summed E-state index contributed by atoms with van der Waals surface area (Å²) >= 11 is 1.65. The summed E-state index contributed by atoms with van der Waals surface area (Å²) in [6.07, 6.45) is 3.45. The van der Waals surface area contributed by atoms with Gasteiger partial charge in [0.2, 0.25) is 0 Å². The van der Waals surface area contributed by atoms with Gasteiger partial charge in [-0.2, -0.15) is 9.97 Å². The maximum Gasteiger partial charge on any atom is 0.324 e. The number of hydrogen-bond acceptors (Lipinski definition) is 8. The molecule has 1 fully saturated rings. The molecule has 7 nitrogen and oxygen atoms in total. The number of methoxy groups -OCH3 is 2. The van der Waals surface area contributed by atoms with E-state index >= 15 is 0 Å². The maximum atomic E-state index is 6.08. The molecule has 34 heavy (non-hydrogen) atoms. The number of anilines is 1. The quantitative estimate of drug-likeness (QED) is 0.327. The lowest BCUT2D eigenvalue weighted by Gasteiger charge is -2.18. The molecule has 0 radical (unpaired) electrons. The van der Waals surface area contributed by atoms with Gasteiger partial charge in [-0.15, -0.1) is 11.3 Å². The number of hydrogen-bond donors (Lipinski definition) is 1. The summed E-state index contributed by atoms with van der Waals surface area (Å²) in [6, 6.07) is 14.2. The van der Waals surface area contributed by atoms with E-state index in [9.17, 15) is 0 Å². The first-order chi connectivity index (χ1) is 16.5. The van der Waals surface area contributed by atoms with Crippen LogP contribution >= 0.6 is 11.3 Å². The van der Waals surface area contributed by atoms with E-state index in [-0.39, 0.29) is 6.01 Å². The van der Waals surface area contributed by atoms with Crippen molar-refractivity contribution in [2.75, 3.05) is 19.5 Å². The first-order valence-electron chi connectivity index (χ1n) is 11.4. The molecule has 176 valence electrons. The largest absolute Gasteiger partial charge is 0.496 e. The minimum absolute atomic E-state index is 0.270. The number of nitrogens with one attached hydrogen (secondary N) is 1. The number of rotatable bonds is 7. The summed E-state index contributed by atoms with van der Waals surface area (Å²) < 4.78 is 18.0. The Kier molecular flexibility index (Phi) is 6.24. The molecule has 4 aromatic rings. The third-order valence-electron chi connectivity index (χ3n) is 6.15. The fourth-order valence-electron chi connectivity index (χ4n) is 4.41. The van der Waals surface area contributed by atoms with E-state index in [0.29, 0.717) is 29.2 Å². The summed E-state index contributed by atoms with van der Waals surface area (Å²) in [4.78, 5) is 14.4. The van der Waals surface area contributed by atoms with Gasteiger partial charge in [0.1, 0.15) is 28.1 Å². The Labute approximate surface area is 203 Å².